The van der Waals surface area contributed by atoms with Crippen LogP contribution in [0.5, 0.6) is 0 Å². The Hall–Kier alpha value is -1.59. The van der Waals surface area contributed by atoms with Crippen molar-refractivity contribution < 1.29 is 19.5 Å². The summed E-state index contributed by atoms with van der Waals surface area (Å²) in [6.07, 6.45) is 2.23. The van der Waals surface area contributed by atoms with Crippen LogP contribution in [-0.2, 0) is 14.4 Å². The van der Waals surface area contributed by atoms with E-state index < -0.39 is 17.9 Å². The molecule has 0 aromatic rings. The molecule has 2 fully saturated rings. The van der Waals surface area contributed by atoms with Crippen LogP contribution in [0.1, 0.15) is 25.7 Å². The van der Waals surface area contributed by atoms with Gasteiger partial charge in [-0.25, -0.2) is 0 Å². The number of carboxylic acids is 1. The van der Waals surface area contributed by atoms with Crippen LogP contribution in [0, 0.1) is 5.92 Å². The number of nitrogens with one attached hydrogen (secondary N) is 1. The number of aliphatic carboxylic acids is 1. The van der Waals surface area contributed by atoms with Gasteiger partial charge in [-0.3, -0.25) is 14.4 Å². The van der Waals surface area contributed by atoms with Crippen LogP contribution in [0.4, 0.5) is 0 Å². The van der Waals surface area contributed by atoms with E-state index in [2.05, 4.69) is 5.32 Å². The number of likely N-dealkylation sites (tertiary alicyclic amines) is 1. The maximum atomic E-state index is 12.0. The molecule has 2 saturated heterocycles. The van der Waals surface area contributed by atoms with E-state index in [1.807, 2.05) is 0 Å². The highest BCUT2D eigenvalue weighted by atomic mass is 16.4. The number of rotatable bonds is 2. The predicted molar refractivity (Wildman–Crippen MR) is 58.1 cm³/mol. The Balaban J connectivity index is 1.95. The van der Waals surface area contributed by atoms with Gasteiger partial charge in [0.25, 0.3) is 0 Å². The molecular formula is C11H16N2O4. The Morgan fingerprint density at radius 2 is 2.12 bits per heavy atom. The molecule has 6 nitrogen and oxygen atoms in total. The zero-order valence-electron chi connectivity index (χ0n) is 9.52. The van der Waals surface area contributed by atoms with Gasteiger partial charge in [0.2, 0.25) is 11.8 Å². The summed E-state index contributed by atoms with van der Waals surface area (Å²) in [7, 11) is 0. The Morgan fingerprint density at radius 3 is 2.71 bits per heavy atom. The maximum Gasteiger partial charge on any atom is 0.308 e. The minimum absolute atomic E-state index is 0.102. The van der Waals surface area contributed by atoms with E-state index in [4.69, 9.17) is 5.11 Å². The first-order valence-electron chi connectivity index (χ1n) is 5.89. The van der Waals surface area contributed by atoms with Crippen molar-refractivity contribution in [2.24, 2.45) is 5.92 Å². The molecule has 0 aromatic carbocycles. The molecule has 17 heavy (non-hydrogen) atoms. The number of carboxylic acid groups (broad SMARTS) is 1. The Labute approximate surface area is 99.0 Å². The third-order valence-electron chi connectivity index (χ3n) is 3.38. The highest BCUT2D eigenvalue weighted by Crippen LogP contribution is 2.19. The van der Waals surface area contributed by atoms with Crippen molar-refractivity contribution >= 4 is 17.8 Å². The maximum absolute atomic E-state index is 12.0. The van der Waals surface area contributed by atoms with Gasteiger partial charge in [0, 0.05) is 19.5 Å². The van der Waals surface area contributed by atoms with Crippen molar-refractivity contribution in [3.8, 4) is 0 Å². The molecule has 2 aliphatic heterocycles. The topological polar surface area (TPSA) is 86.7 Å². The SMILES string of the molecule is O=C1CC[C@H](C(=O)N2CCC[C@H](C(=O)O)C2)N1. The summed E-state index contributed by atoms with van der Waals surface area (Å²) >= 11 is 0. The summed E-state index contributed by atoms with van der Waals surface area (Å²) in [5, 5.41) is 11.6. The van der Waals surface area contributed by atoms with E-state index in [1.165, 1.54) is 0 Å². The third kappa shape index (κ3) is 2.57. The highest BCUT2D eigenvalue weighted by molar-refractivity contribution is 5.91. The molecule has 2 heterocycles. The minimum atomic E-state index is -0.849. The number of hydrogen-bond acceptors (Lipinski definition) is 3. The summed E-state index contributed by atoms with van der Waals surface area (Å²) in [6.45, 7) is 0.857. The molecule has 94 valence electrons. The van der Waals surface area contributed by atoms with Crippen LogP contribution in [-0.4, -0.2) is 46.9 Å². The van der Waals surface area contributed by atoms with Crippen molar-refractivity contribution in [2.75, 3.05) is 13.1 Å². The lowest BCUT2D eigenvalue weighted by Crippen LogP contribution is -2.49. The summed E-state index contributed by atoms with van der Waals surface area (Å²) in [5.74, 6) is -1.56. The molecule has 2 amide bonds. The number of amides is 2. The van der Waals surface area contributed by atoms with Crippen molar-refractivity contribution in [1.29, 1.82) is 0 Å². The number of carbonyl (C=O) groups is 3. The van der Waals surface area contributed by atoms with Crippen LogP contribution in [0.25, 0.3) is 0 Å². The number of hydrogen-bond donors (Lipinski definition) is 2. The first-order chi connectivity index (χ1) is 8.08. The van der Waals surface area contributed by atoms with Crippen LogP contribution in [0.15, 0.2) is 0 Å². The molecule has 0 aliphatic carbocycles. The Bertz CT molecular complexity index is 355. The fourth-order valence-corrected chi connectivity index (χ4v) is 2.40. The lowest BCUT2D eigenvalue weighted by atomic mass is 9.97. The Morgan fingerprint density at radius 1 is 1.35 bits per heavy atom. The van der Waals surface area contributed by atoms with Crippen molar-refractivity contribution in [3.63, 3.8) is 0 Å². The molecule has 0 unspecified atom stereocenters. The molecule has 0 radical (unpaired) electrons. The zero-order chi connectivity index (χ0) is 12.4. The molecule has 6 heteroatoms. The fraction of sp³-hybridized carbons (Fsp3) is 0.727. The van der Waals surface area contributed by atoms with Crippen molar-refractivity contribution in [3.05, 3.63) is 0 Å². The van der Waals surface area contributed by atoms with Crippen LogP contribution >= 0.6 is 0 Å². The number of carbonyl (C=O) groups excluding carboxylic acids is 2. The third-order valence-corrected chi connectivity index (χ3v) is 3.38. The van der Waals surface area contributed by atoms with E-state index in [0.29, 0.717) is 32.2 Å². The van der Waals surface area contributed by atoms with Crippen LogP contribution in [0.3, 0.4) is 0 Å². The lowest BCUT2D eigenvalue weighted by molar-refractivity contribution is -0.146. The predicted octanol–water partition coefficient (Wildman–Crippen LogP) is -0.412. The second kappa shape index (κ2) is 4.73. The molecule has 2 aliphatic rings. The first-order valence-corrected chi connectivity index (χ1v) is 5.89. The second-order valence-electron chi connectivity index (χ2n) is 4.62. The molecule has 2 rings (SSSR count). The second-order valence-corrected chi connectivity index (χ2v) is 4.62. The van der Waals surface area contributed by atoms with Crippen molar-refractivity contribution in [1.82, 2.24) is 10.2 Å². The summed E-state index contributed by atoms with van der Waals surface area (Å²) in [5.41, 5.74) is 0. The molecule has 2 atom stereocenters. The minimum Gasteiger partial charge on any atom is -0.481 e. The van der Waals surface area contributed by atoms with Crippen LogP contribution < -0.4 is 5.32 Å². The van der Waals surface area contributed by atoms with Gasteiger partial charge < -0.3 is 15.3 Å². The quantitative estimate of drug-likeness (QED) is 0.687. The van der Waals surface area contributed by atoms with E-state index in [9.17, 15) is 14.4 Å². The molecule has 0 aromatic heterocycles. The summed E-state index contributed by atoms with van der Waals surface area (Å²) in [6, 6.07) is -0.449. The standard InChI is InChI=1S/C11H16N2O4/c14-9-4-3-8(12-9)10(15)13-5-1-2-7(6-13)11(16)17/h7-8H,1-6H2,(H,12,14)(H,16,17)/t7-,8+/m0/s1. The van der Waals surface area contributed by atoms with Gasteiger partial charge in [-0.05, 0) is 19.3 Å². The van der Waals surface area contributed by atoms with Gasteiger partial charge in [-0.1, -0.05) is 0 Å². The monoisotopic (exact) mass is 240 g/mol. The summed E-state index contributed by atoms with van der Waals surface area (Å²) < 4.78 is 0. The molecule has 0 saturated carbocycles. The van der Waals surface area contributed by atoms with Gasteiger partial charge in [0.1, 0.15) is 6.04 Å². The van der Waals surface area contributed by atoms with E-state index in [-0.39, 0.29) is 18.4 Å². The smallest absolute Gasteiger partial charge is 0.308 e. The number of piperidine rings is 1. The van der Waals surface area contributed by atoms with Gasteiger partial charge >= 0.3 is 5.97 Å². The van der Waals surface area contributed by atoms with E-state index in [1.54, 1.807) is 4.90 Å². The van der Waals surface area contributed by atoms with E-state index in [0.717, 1.165) is 0 Å². The normalized spacial score (nSPS) is 28.9. The Kier molecular flexibility index (Phi) is 3.31. The fourth-order valence-electron chi connectivity index (χ4n) is 2.40. The zero-order valence-corrected chi connectivity index (χ0v) is 9.52. The molecule has 0 spiro atoms. The summed E-state index contributed by atoms with van der Waals surface area (Å²) in [4.78, 5) is 35.5. The average Bonchev–Trinajstić information content (AvgIpc) is 2.75. The largest absolute Gasteiger partial charge is 0.481 e. The lowest BCUT2D eigenvalue weighted by Gasteiger charge is -2.32. The first kappa shape index (κ1) is 11.9. The molecule has 2 N–H and O–H groups in total. The molecular weight excluding hydrogens is 224 g/mol. The van der Waals surface area contributed by atoms with Crippen molar-refractivity contribution in [2.45, 2.75) is 31.7 Å². The molecule has 0 bridgehead atoms. The van der Waals surface area contributed by atoms with Gasteiger partial charge in [-0.15, -0.1) is 0 Å². The van der Waals surface area contributed by atoms with E-state index >= 15 is 0 Å². The average molecular weight is 240 g/mol. The van der Waals surface area contributed by atoms with Gasteiger partial charge in [0.05, 0.1) is 5.92 Å². The number of nitrogens with zero attached hydrogens (tertiary/aromatic N) is 1. The van der Waals surface area contributed by atoms with Gasteiger partial charge in [0.15, 0.2) is 0 Å². The van der Waals surface area contributed by atoms with Gasteiger partial charge in [-0.2, -0.15) is 0 Å². The highest BCUT2D eigenvalue weighted by Gasteiger charge is 2.34. The van der Waals surface area contributed by atoms with Crippen LogP contribution in [0.2, 0.25) is 0 Å².